The van der Waals surface area contributed by atoms with Crippen LogP contribution in [-0.2, 0) is 9.59 Å². The maximum absolute atomic E-state index is 12.5. The van der Waals surface area contributed by atoms with Crippen LogP contribution >= 0.6 is 0 Å². The molecule has 3 saturated heterocycles. The molecule has 0 radical (unpaired) electrons. The predicted molar refractivity (Wildman–Crippen MR) is 77.8 cm³/mol. The van der Waals surface area contributed by atoms with Crippen LogP contribution < -0.4 is 10.6 Å². The fraction of sp³-hybridized carbons (Fsp3) is 0.800. The number of carbonyl (C=O) groups excluding carboxylic acids is 3. The normalized spacial score (nSPS) is 37.7. The van der Waals surface area contributed by atoms with Crippen molar-refractivity contribution in [2.24, 2.45) is 17.8 Å². The van der Waals surface area contributed by atoms with Crippen LogP contribution in [0, 0.1) is 17.8 Å². The molecule has 3 atom stereocenters. The van der Waals surface area contributed by atoms with Gasteiger partial charge in [0, 0.05) is 26.2 Å². The first kappa shape index (κ1) is 14.0. The standard InChI is InChI=1S/C15H22N4O3/c1-15(11-2-3-11)13(21)19(14(22)17-15)8-12(20)18-6-9-4-16-5-10(9)7-18/h9-11,16H,2-8H2,1H3,(H,17,22)/t9-,10+,15?. The lowest BCUT2D eigenvalue weighted by Gasteiger charge is -2.22. The predicted octanol–water partition coefficient (Wildman–Crippen LogP) is -0.615. The molecule has 0 aromatic heterocycles. The van der Waals surface area contributed by atoms with Crippen molar-refractivity contribution in [1.82, 2.24) is 20.4 Å². The van der Waals surface area contributed by atoms with Gasteiger partial charge in [0.15, 0.2) is 0 Å². The number of hydrogen-bond donors (Lipinski definition) is 2. The van der Waals surface area contributed by atoms with E-state index in [9.17, 15) is 14.4 Å². The van der Waals surface area contributed by atoms with E-state index in [0.29, 0.717) is 11.8 Å². The molecule has 7 heteroatoms. The zero-order chi connectivity index (χ0) is 15.5. The molecule has 3 aliphatic heterocycles. The lowest BCUT2D eigenvalue weighted by molar-refractivity contribution is -0.138. The molecule has 7 nitrogen and oxygen atoms in total. The molecule has 1 unspecified atom stereocenters. The first-order valence-electron chi connectivity index (χ1n) is 8.11. The van der Waals surface area contributed by atoms with Crippen LogP contribution in [-0.4, -0.2) is 65.9 Å². The van der Waals surface area contributed by atoms with Crippen molar-refractivity contribution < 1.29 is 14.4 Å². The largest absolute Gasteiger partial charge is 0.340 e. The monoisotopic (exact) mass is 306 g/mol. The molecule has 120 valence electrons. The van der Waals surface area contributed by atoms with Crippen molar-refractivity contribution in [2.45, 2.75) is 25.3 Å². The summed E-state index contributed by atoms with van der Waals surface area (Å²) >= 11 is 0. The molecule has 4 amide bonds. The van der Waals surface area contributed by atoms with Gasteiger partial charge in [-0.25, -0.2) is 4.79 Å². The fourth-order valence-electron chi connectivity index (χ4n) is 4.09. The van der Waals surface area contributed by atoms with Crippen molar-refractivity contribution in [3.05, 3.63) is 0 Å². The topological polar surface area (TPSA) is 81.8 Å². The van der Waals surface area contributed by atoms with Gasteiger partial charge in [0.2, 0.25) is 5.91 Å². The summed E-state index contributed by atoms with van der Waals surface area (Å²) in [6, 6.07) is -0.422. The lowest BCUT2D eigenvalue weighted by Crippen LogP contribution is -2.47. The average Bonchev–Trinajstić information content (AvgIpc) is 3.06. The Bertz CT molecular complexity index is 535. The van der Waals surface area contributed by atoms with Crippen LogP contribution in [0.1, 0.15) is 19.8 Å². The van der Waals surface area contributed by atoms with Crippen LogP contribution in [0.2, 0.25) is 0 Å². The van der Waals surface area contributed by atoms with Gasteiger partial charge in [0.05, 0.1) is 0 Å². The highest BCUT2D eigenvalue weighted by atomic mass is 16.2. The van der Waals surface area contributed by atoms with Gasteiger partial charge in [-0.15, -0.1) is 0 Å². The van der Waals surface area contributed by atoms with E-state index in [1.165, 1.54) is 0 Å². The molecule has 1 saturated carbocycles. The van der Waals surface area contributed by atoms with Gasteiger partial charge in [-0.3, -0.25) is 14.5 Å². The minimum Gasteiger partial charge on any atom is -0.340 e. The molecule has 0 spiro atoms. The third-order valence-electron chi connectivity index (χ3n) is 5.73. The molecule has 2 N–H and O–H groups in total. The summed E-state index contributed by atoms with van der Waals surface area (Å²) in [6.07, 6.45) is 1.93. The summed E-state index contributed by atoms with van der Waals surface area (Å²) in [4.78, 5) is 40.0. The van der Waals surface area contributed by atoms with E-state index < -0.39 is 11.6 Å². The SMILES string of the molecule is CC1(C2CC2)NC(=O)N(CC(=O)N2C[C@H]3CNC[C@H]3C2)C1=O. The van der Waals surface area contributed by atoms with Gasteiger partial charge < -0.3 is 15.5 Å². The van der Waals surface area contributed by atoms with E-state index in [2.05, 4.69) is 10.6 Å². The van der Waals surface area contributed by atoms with Crippen LogP contribution in [0.25, 0.3) is 0 Å². The summed E-state index contributed by atoms with van der Waals surface area (Å²) in [5.41, 5.74) is -0.803. The second kappa shape index (κ2) is 4.68. The first-order valence-corrected chi connectivity index (χ1v) is 8.11. The van der Waals surface area contributed by atoms with Crippen LogP contribution in [0.15, 0.2) is 0 Å². The Kier molecular flexibility index (Phi) is 2.98. The Morgan fingerprint density at radius 2 is 1.86 bits per heavy atom. The molecule has 4 rings (SSSR count). The number of fused-ring (bicyclic) bond motifs is 1. The Balaban J connectivity index is 1.41. The number of hydrogen-bond acceptors (Lipinski definition) is 4. The van der Waals surface area contributed by atoms with Gasteiger partial charge >= 0.3 is 6.03 Å². The molecule has 4 aliphatic rings. The second-order valence-corrected chi connectivity index (χ2v) is 7.28. The number of likely N-dealkylation sites (tertiary alicyclic amines) is 1. The average molecular weight is 306 g/mol. The summed E-state index contributed by atoms with van der Waals surface area (Å²) < 4.78 is 0. The van der Waals surface area contributed by atoms with Crippen molar-refractivity contribution in [3.8, 4) is 0 Å². The molecule has 0 aromatic rings. The molecule has 1 aliphatic carbocycles. The molecule has 0 aromatic carbocycles. The van der Waals surface area contributed by atoms with Crippen LogP contribution in [0.5, 0.6) is 0 Å². The molecule has 3 heterocycles. The van der Waals surface area contributed by atoms with Gasteiger partial charge in [-0.05, 0) is 37.5 Å². The Labute approximate surface area is 129 Å². The Morgan fingerprint density at radius 1 is 1.23 bits per heavy atom. The Morgan fingerprint density at radius 3 is 2.45 bits per heavy atom. The minimum atomic E-state index is -0.803. The highest BCUT2D eigenvalue weighted by Crippen LogP contribution is 2.42. The number of nitrogens with zero attached hydrogens (tertiary/aromatic N) is 2. The molecule has 22 heavy (non-hydrogen) atoms. The number of rotatable bonds is 3. The van der Waals surface area contributed by atoms with Crippen molar-refractivity contribution in [3.63, 3.8) is 0 Å². The van der Waals surface area contributed by atoms with E-state index >= 15 is 0 Å². The van der Waals surface area contributed by atoms with E-state index in [0.717, 1.165) is 43.9 Å². The molecule has 0 bridgehead atoms. The van der Waals surface area contributed by atoms with Gasteiger partial charge in [0.25, 0.3) is 5.91 Å². The summed E-state index contributed by atoms with van der Waals surface area (Å²) in [5.74, 6) is 0.904. The van der Waals surface area contributed by atoms with Gasteiger partial charge in [0.1, 0.15) is 12.1 Å². The summed E-state index contributed by atoms with van der Waals surface area (Å²) in [5, 5.41) is 6.12. The quantitative estimate of drug-likeness (QED) is 0.681. The molecular weight excluding hydrogens is 284 g/mol. The van der Waals surface area contributed by atoms with E-state index in [-0.39, 0.29) is 24.3 Å². The maximum atomic E-state index is 12.5. The molecule has 4 fully saturated rings. The van der Waals surface area contributed by atoms with E-state index in [1.54, 1.807) is 6.92 Å². The smallest absolute Gasteiger partial charge is 0.325 e. The first-order chi connectivity index (χ1) is 10.5. The van der Waals surface area contributed by atoms with Gasteiger partial charge in [-0.2, -0.15) is 0 Å². The zero-order valence-corrected chi connectivity index (χ0v) is 12.8. The van der Waals surface area contributed by atoms with Crippen molar-refractivity contribution in [2.75, 3.05) is 32.7 Å². The third kappa shape index (κ3) is 2.02. The highest BCUT2D eigenvalue weighted by molar-refractivity contribution is 6.09. The Hall–Kier alpha value is -1.63. The van der Waals surface area contributed by atoms with Crippen molar-refractivity contribution in [1.29, 1.82) is 0 Å². The van der Waals surface area contributed by atoms with E-state index in [1.807, 2.05) is 4.90 Å². The summed E-state index contributed by atoms with van der Waals surface area (Å²) in [7, 11) is 0. The van der Waals surface area contributed by atoms with Crippen molar-refractivity contribution >= 4 is 17.8 Å². The van der Waals surface area contributed by atoms with E-state index in [4.69, 9.17) is 0 Å². The highest BCUT2D eigenvalue weighted by Gasteiger charge is 2.56. The van der Waals surface area contributed by atoms with Crippen LogP contribution in [0.3, 0.4) is 0 Å². The minimum absolute atomic E-state index is 0.113. The zero-order valence-electron chi connectivity index (χ0n) is 12.8. The lowest BCUT2D eigenvalue weighted by atomic mass is 9.96. The summed E-state index contributed by atoms with van der Waals surface area (Å²) in [6.45, 7) is 5.04. The number of imide groups is 1. The van der Waals surface area contributed by atoms with Gasteiger partial charge in [-0.1, -0.05) is 0 Å². The van der Waals surface area contributed by atoms with Crippen LogP contribution in [0.4, 0.5) is 4.79 Å². The number of urea groups is 1. The second-order valence-electron chi connectivity index (χ2n) is 7.28. The fourth-order valence-corrected chi connectivity index (χ4v) is 4.09. The third-order valence-corrected chi connectivity index (χ3v) is 5.73. The maximum Gasteiger partial charge on any atom is 0.325 e. The number of carbonyl (C=O) groups is 3. The number of nitrogens with one attached hydrogen (secondary N) is 2. The molecular formula is C15H22N4O3. The number of amides is 4.